The summed E-state index contributed by atoms with van der Waals surface area (Å²) >= 11 is 0. The van der Waals surface area contributed by atoms with Crippen LogP contribution in [-0.4, -0.2) is 29.4 Å². The number of methoxy groups -OCH3 is 1. The van der Waals surface area contributed by atoms with Crippen molar-refractivity contribution in [3.05, 3.63) is 34.6 Å². The van der Waals surface area contributed by atoms with Crippen molar-refractivity contribution in [1.29, 1.82) is 0 Å². The molecule has 0 unspecified atom stereocenters. The van der Waals surface area contributed by atoms with E-state index in [1.165, 1.54) is 13.2 Å². The highest BCUT2D eigenvalue weighted by molar-refractivity contribution is 5.83. The molecule has 0 spiro atoms. The minimum Gasteiger partial charge on any atom is -0.493 e. The highest BCUT2D eigenvalue weighted by Gasteiger charge is 2.11. The monoisotopic (exact) mass is 291 g/mol. The molecule has 0 bridgehead atoms. The van der Waals surface area contributed by atoms with Crippen LogP contribution in [0.3, 0.4) is 0 Å². The number of aliphatic carboxylic acids is 1. The van der Waals surface area contributed by atoms with Crippen molar-refractivity contribution in [2.24, 2.45) is 0 Å². The van der Waals surface area contributed by atoms with Crippen LogP contribution in [0.15, 0.2) is 29.2 Å². The van der Waals surface area contributed by atoms with Gasteiger partial charge < -0.3 is 19.1 Å². The molecule has 0 aliphatic rings. The third kappa shape index (κ3) is 3.16. The topological polar surface area (TPSA) is 77.8 Å². The van der Waals surface area contributed by atoms with Crippen LogP contribution in [0.2, 0.25) is 0 Å². The van der Waals surface area contributed by atoms with Gasteiger partial charge in [0, 0.05) is 30.3 Å². The molecule has 1 heterocycles. The van der Waals surface area contributed by atoms with Gasteiger partial charge in [0.2, 0.25) is 0 Å². The molecule has 1 aromatic heterocycles. The van der Waals surface area contributed by atoms with E-state index in [1.54, 1.807) is 22.9 Å². The molecule has 1 N–H and O–H groups in total. The molecule has 6 heteroatoms. The Morgan fingerprint density at radius 2 is 2.10 bits per heavy atom. The summed E-state index contributed by atoms with van der Waals surface area (Å²) in [5.74, 6) is 0.124. The first kappa shape index (κ1) is 14.9. The molecular weight excluding hydrogens is 274 g/mol. The number of carbonyl (C=O) groups is 1. The third-order valence-corrected chi connectivity index (χ3v) is 3.13. The maximum Gasteiger partial charge on any atom is 0.305 e. The molecular formula is C15H17NO5. The zero-order valence-corrected chi connectivity index (χ0v) is 12.0. The van der Waals surface area contributed by atoms with Crippen LogP contribution in [0.25, 0.3) is 10.9 Å². The largest absolute Gasteiger partial charge is 0.493 e. The summed E-state index contributed by atoms with van der Waals surface area (Å²) in [6.45, 7) is 2.59. The molecule has 6 nitrogen and oxygen atoms in total. The number of aryl methyl sites for hydroxylation is 1. The minimum absolute atomic E-state index is 0.0203. The standard InChI is InChI=1S/C15H17NO5/c1-3-21-14-8-10-11(9-13(14)20-2)16(6-4-12(10)17)7-5-15(18)19/h4,6,8-9H,3,5,7H2,1-2H3,(H,18,19). The van der Waals surface area contributed by atoms with E-state index in [4.69, 9.17) is 14.6 Å². The van der Waals surface area contributed by atoms with Gasteiger partial charge in [0.05, 0.1) is 25.7 Å². The number of carboxylic acids is 1. The van der Waals surface area contributed by atoms with Crippen LogP contribution >= 0.6 is 0 Å². The van der Waals surface area contributed by atoms with Crippen LogP contribution in [0.1, 0.15) is 13.3 Å². The van der Waals surface area contributed by atoms with E-state index in [9.17, 15) is 9.59 Å². The van der Waals surface area contributed by atoms with Crippen molar-refractivity contribution >= 4 is 16.9 Å². The van der Waals surface area contributed by atoms with E-state index < -0.39 is 5.97 Å². The number of aromatic nitrogens is 1. The second-order valence-corrected chi connectivity index (χ2v) is 4.47. The number of carboxylic acid groups (broad SMARTS) is 1. The van der Waals surface area contributed by atoms with E-state index in [0.29, 0.717) is 29.0 Å². The second kappa shape index (κ2) is 6.30. The molecule has 0 aliphatic heterocycles. The molecule has 0 atom stereocenters. The zero-order chi connectivity index (χ0) is 15.4. The number of pyridine rings is 1. The van der Waals surface area contributed by atoms with Gasteiger partial charge in [0.25, 0.3) is 0 Å². The highest BCUT2D eigenvalue weighted by Crippen LogP contribution is 2.31. The molecule has 1 aromatic carbocycles. The number of benzene rings is 1. The Labute approximate surface area is 121 Å². The molecule has 0 amide bonds. The Balaban J connectivity index is 2.60. The molecule has 0 saturated heterocycles. The second-order valence-electron chi connectivity index (χ2n) is 4.47. The van der Waals surface area contributed by atoms with Gasteiger partial charge in [-0.1, -0.05) is 0 Å². The molecule has 0 aliphatic carbocycles. The van der Waals surface area contributed by atoms with E-state index in [1.807, 2.05) is 6.92 Å². The normalized spacial score (nSPS) is 10.6. The van der Waals surface area contributed by atoms with Gasteiger partial charge in [-0.15, -0.1) is 0 Å². The SMILES string of the molecule is CCOc1cc2c(=O)ccn(CCC(=O)O)c2cc1OC. The molecule has 112 valence electrons. The Hall–Kier alpha value is -2.50. The first-order valence-electron chi connectivity index (χ1n) is 6.62. The van der Waals surface area contributed by atoms with Gasteiger partial charge >= 0.3 is 5.97 Å². The van der Waals surface area contributed by atoms with Gasteiger partial charge in [0.1, 0.15) is 0 Å². The number of hydrogen-bond acceptors (Lipinski definition) is 4. The highest BCUT2D eigenvalue weighted by atomic mass is 16.5. The van der Waals surface area contributed by atoms with E-state index in [-0.39, 0.29) is 18.4 Å². The van der Waals surface area contributed by atoms with Gasteiger partial charge in [0.15, 0.2) is 16.9 Å². The average Bonchev–Trinajstić information content (AvgIpc) is 2.46. The summed E-state index contributed by atoms with van der Waals surface area (Å²) in [5, 5.41) is 9.28. The Kier molecular flexibility index (Phi) is 4.47. The number of nitrogens with zero attached hydrogens (tertiary/aromatic N) is 1. The molecule has 0 saturated carbocycles. The van der Waals surface area contributed by atoms with Crippen LogP contribution in [-0.2, 0) is 11.3 Å². The van der Waals surface area contributed by atoms with Gasteiger partial charge in [-0.2, -0.15) is 0 Å². The summed E-state index contributed by atoms with van der Waals surface area (Å²) in [7, 11) is 1.52. The average molecular weight is 291 g/mol. The lowest BCUT2D eigenvalue weighted by molar-refractivity contribution is -0.137. The first-order valence-corrected chi connectivity index (χ1v) is 6.62. The van der Waals surface area contributed by atoms with E-state index in [0.717, 1.165) is 0 Å². The predicted molar refractivity (Wildman–Crippen MR) is 78.2 cm³/mol. The van der Waals surface area contributed by atoms with Crippen LogP contribution < -0.4 is 14.9 Å². The molecule has 0 radical (unpaired) electrons. The fourth-order valence-electron chi connectivity index (χ4n) is 2.15. The summed E-state index contributed by atoms with van der Waals surface area (Å²) in [6, 6.07) is 4.76. The van der Waals surface area contributed by atoms with Crippen LogP contribution in [0, 0.1) is 0 Å². The summed E-state index contributed by atoms with van der Waals surface area (Å²) in [4.78, 5) is 22.7. The van der Waals surface area contributed by atoms with E-state index in [2.05, 4.69) is 0 Å². The zero-order valence-electron chi connectivity index (χ0n) is 12.0. The lowest BCUT2D eigenvalue weighted by Crippen LogP contribution is -2.11. The number of hydrogen-bond donors (Lipinski definition) is 1. The predicted octanol–water partition coefficient (Wildman–Crippen LogP) is 1.88. The molecule has 2 aromatic rings. The fourth-order valence-corrected chi connectivity index (χ4v) is 2.15. The number of ether oxygens (including phenoxy) is 2. The molecule has 2 rings (SSSR count). The van der Waals surface area contributed by atoms with Gasteiger partial charge in [-0.3, -0.25) is 9.59 Å². The smallest absolute Gasteiger partial charge is 0.305 e. The Morgan fingerprint density at radius 1 is 1.33 bits per heavy atom. The maximum atomic E-state index is 12.0. The van der Waals surface area contributed by atoms with E-state index >= 15 is 0 Å². The summed E-state index contributed by atoms with van der Waals surface area (Å²) in [6.07, 6.45) is 1.57. The molecule has 21 heavy (non-hydrogen) atoms. The third-order valence-electron chi connectivity index (χ3n) is 3.13. The maximum absolute atomic E-state index is 12.0. The Bertz CT molecular complexity index is 720. The summed E-state index contributed by atoms with van der Waals surface area (Å²) < 4.78 is 12.5. The molecule has 0 fully saturated rings. The number of rotatable bonds is 6. The van der Waals surface area contributed by atoms with Crippen molar-refractivity contribution in [2.75, 3.05) is 13.7 Å². The number of fused-ring (bicyclic) bond motifs is 1. The van der Waals surface area contributed by atoms with Crippen LogP contribution in [0.4, 0.5) is 0 Å². The van der Waals surface area contributed by atoms with Crippen molar-refractivity contribution in [3.63, 3.8) is 0 Å². The van der Waals surface area contributed by atoms with Crippen molar-refractivity contribution < 1.29 is 19.4 Å². The Morgan fingerprint density at radius 3 is 2.71 bits per heavy atom. The quantitative estimate of drug-likeness (QED) is 0.879. The van der Waals surface area contributed by atoms with Gasteiger partial charge in [-0.05, 0) is 13.0 Å². The summed E-state index contributed by atoms with van der Waals surface area (Å²) in [5.41, 5.74) is 0.490. The van der Waals surface area contributed by atoms with Crippen molar-refractivity contribution in [3.8, 4) is 11.5 Å². The lowest BCUT2D eigenvalue weighted by atomic mass is 10.1. The van der Waals surface area contributed by atoms with Gasteiger partial charge in [-0.25, -0.2) is 0 Å². The minimum atomic E-state index is -0.889. The van der Waals surface area contributed by atoms with Crippen LogP contribution in [0.5, 0.6) is 11.5 Å². The first-order chi connectivity index (χ1) is 10.1. The van der Waals surface area contributed by atoms with Crippen molar-refractivity contribution in [2.45, 2.75) is 19.9 Å². The van der Waals surface area contributed by atoms with Crippen molar-refractivity contribution in [1.82, 2.24) is 4.57 Å². The lowest BCUT2D eigenvalue weighted by Gasteiger charge is -2.14. The fraction of sp³-hybridized carbons (Fsp3) is 0.333.